The summed E-state index contributed by atoms with van der Waals surface area (Å²) in [4.78, 5) is 29.3. The lowest BCUT2D eigenvalue weighted by molar-refractivity contribution is -0.142. The Balaban J connectivity index is 2.17. The normalized spacial score (nSPS) is 23.3. The molecule has 1 amide bonds. The van der Waals surface area contributed by atoms with E-state index in [0.29, 0.717) is 22.2 Å². The molecule has 0 radical (unpaired) electrons. The van der Waals surface area contributed by atoms with Crippen molar-refractivity contribution in [3.63, 3.8) is 0 Å². The van der Waals surface area contributed by atoms with E-state index >= 15 is 0 Å². The zero-order chi connectivity index (χ0) is 13.4. The summed E-state index contributed by atoms with van der Waals surface area (Å²) in [5.41, 5.74) is 6.17. The molecule has 18 heavy (non-hydrogen) atoms. The smallest absolute Gasteiger partial charge is 0.308 e. The minimum Gasteiger partial charge on any atom is -0.481 e. The Labute approximate surface area is 108 Å². The fourth-order valence-corrected chi connectivity index (χ4v) is 3.01. The molecule has 1 saturated heterocycles. The first kappa shape index (κ1) is 12.8. The molecule has 0 aromatic carbocycles. The van der Waals surface area contributed by atoms with E-state index in [1.807, 2.05) is 6.92 Å². The number of carbonyl (C=O) groups excluding carboxylic acids is 1. The van der Waals surface area contributed by atoms with Crippen molar-refractivity contribution in [1.82, 2.24) is 9.88 Å². The van der Waals surface area contributed by atoms with E-state index in [9.17, 15) is 9.59 Å². The number of nitrogens with two attached hydrogens (primary N) is 1. The lowest BCUT2D eigenvalue weighted by Crippen LogP contribution is -2.29. The van der Waals surface area contributed by atoms with Crippen LogP contribution in [0.5, 0.6) is 0 Å². The van der Waals surface area contributed by atoms with Gasteiger partial charge in [-0.05, 0) is 12.8 Å². The third kappa shape index (κ3) is 2.17. The van der Waals surface area contributed by atoms with Crippen molar-refractivity contribution in [3.8, 4) is 0 Å². The predicted octanol–water partition coefficient (Wildman–Crippen LogP) is 0.826. The van der Waals surface area contributed by atoms with Gasteiger partial charge in [-0.2, -0.15) is 0 Å². The van der Waals surface area contributed by atoms with E-state index in [1.54, 1.807) is 11.8 Å². The molecule has 1 fully saturated rings. The second-order valence-corrected chi connectivity index (χ2v) is 5.63. The van der Waals surface area contributed by atoms with Gasteiger partial charge >= 0.3 is 5.97 Å². The maximum absolute atomic E-state index is 12.2. The Kier molecular flexibility index (Phi) is 3.25. The zero-order valence-electron chi connectivity index (χ0n) is 10.2. The van der Waals surface area contributed by atoms with Crippen LogP contribution in [0.25, 0.3) is 0 Å². The SMILES string of the molecule is Cc1nc(N)sc1C(=O)N1CC(C)C(C(=O)O)C1. The number of rotatable bonds is 2. The molecule has 3 N–H and O–H groups in total. The molecule has 7 heteroatoms. The van der Waals surface area contributed by atoms with Crippen molar-refractivity contribution in [2.75, 3.05) is 18.8 Å². The molecule has 1 aliphatic heterocycles. The summed E-state index contributed by atoms with van der Waals surface area (Å²) in [6, 6.07) is 0. The molecule has 2 atom stereocenters. The van der Waals surface area contributed by atoms with E-state index in [0.717, 1.165) is 11.3 Å². The summed E-state index contributed by atoms with van der Waals surface area (Å²) < 4.78 is 0. The first-order chi connectivity index (χ1) is 8.40. The van der Waals surface area contributed by atoms with Gasteiger partial charge in [-0.1, -0.05) is 18.3 Å². The van der Waals surface area contributed by atoms with Crippen molar-refractivity contribution in [1.29, 1.82) is 0 Å². The molecule has 98 valence electrons. The molecule has 6 nitrogen and oxygen atoms in total. The van der Waals surface area contributed by atoms with Crippen LogP contribution in [0, 0.1) is 18.8 Å². The minimum absolute atomic E-state index is 0.0305. The van der Waals surface area contributed by atoms with E-state index in [-0.39, 0.29) is 18.4 Å². The highest BCUT2D eigenvalue weighted by molar-refractivity contribution is 7.17. The number of hydrogen-bond acceptors (Lipinski definition) is 5. The second-order valence-electron chi connectivity index (χ2n) is 4.60. The van der Waals surface area contributed by atoms with Crippen LogP contribution in [0.3, 0.4) is 0 Å². The summed E-state index contributed by atoms with van der Waals surface area (Å²) in [6.07, 6.45) is 0. The Morgan fingerprint density at radius 3 is 2.61 bits per heavy atom. The van der Waals surface area contributed by atoms with Gasteiger partial charge < -0.3 is 15.7 Å². The first-order valence-corrected chi connectivity index (χ1v) is 6.46. The van der Waals surface area contributed by atoms with Crippen LogP contribution >= 0.6 is 11.3 Å². The average molecular weight is 269 g/mol. The summed E-state index contributed by atoms with van der Waals surface area (Å²) in [5.74, 6) is -1.54. The van der Waals surface area contributed by atoms with Crippen LogP contribution in [0.1, 0.15) is 22.3 Å². The summed E-state index contributed by atoms with van der Waals surface area (Å²) >= 11 is 1.15. The van der Waals surface area contributed by atoms with Crippen LogP contribution in [0.2, 0.25) is 0 Å². The second kappa shape index (κ2) is 4.56. The molecule has 0 spiro atoms. The Bertz CT molecular complexity index is 500. The van der Waals surface area contributed by atoms with Gasteiger partial charge in [-0.25, -0.2) is 4.98 Å². The molecule has 1 aromatic rings. The fourth-order valence-electron chi connectivity index (χ4n) is 2.21. The molecule has 1 aromatic heterocycles. The van der Waals surface area contributed by atoms with Gasteiger partial charge in [-0.15, -0.1) is 0 Å². The van der Waals surface area contributed by atoms with Gasteiger partial charge in [0.05, 0.1) is 11.6 Å². The number of hydrogen-bond donors (Lipinski definition) is 2. The van der Waals surface area contributed by atoms with Crippen LogP contribution < -0.4 is 5.73 Å². The van der Waals surface area contributed by atoms with Crippen LogP contribution in [-0.4, -0.2) is 40.0 Å². The van der Waals surface area contributed by atoms with Crippen molar-refractivity contribution < 1.29 is 14.7 Å². The molecular weight excluding hydrogens is 254 g/mol. The maximum atomic E-state index is 12.2. The number of carboxylic acids is 1. The van der Waals surface area contributed by atoms with E-state index in [4.69, 9.17) is 10.8 Å². The lowest BCUT2D eigenvalue weighted by Gasteiger charge is -2.14. The van der Waals surface area contributed by atoms with Crippen LogP contribution in [-0.2, 0) is 4.79 Å². The number of amides is 1. The highest BCUT2D eigenvalue weighted by Crippen LogP contribution is 2.28. The molecule has 0 bridgehead atoms. The van der Waals surface area contributed by atoms with E-state index < -0.39 is 11.9 Å². The molecular formula is C11H15N3O3S. The minimum atomic E-state index is -0.849. The van der Waals surface area contributed by atoms with Gasteiger partial charge in [-0.3, -0.25) is 9.59 Å². The lowest BCUT2D eigenvalue weighted by atomic mass is 9.99. The highest BCUT2D eigenvalue weighted by Gasteiger charge is 2.38. The third-order valence-electron chi connectivity index (χ3n) is 3.22. The van der Waals surface area contributed by atoms with Gasteiger partial charge in [0, 0.05) is 13.1 Å². The number of anilines is 1. The summed E-state index contributed by atoms with van der Waals surface area (Å²) in [5, 5.41) is 9.40. The molecule has 2 unspecified atom stereocenters. The number of nitrogens with zero attached hydrogens (tertiary/aromatic N) is 2. The first-order valence-electron chi connectivity index (χ1n) is 5.65. The average Bonchev–Trinajstić information content (AvgIpc) is 2.81. The number of likely N-dealkylation sites (tertiary alicyclic amines) is 1. The maximum Gasteiger partial charge on any atom is 0.308 e. The number of carbonyl (C=O) groups is 2. The van der Waals surface area contributed by atoms with Crippen molar-refractivity contribution in [2.45, 2.75) is 13.8 Å². The number of thiazole rings is 1. The summed E-state index contributed by atoms with van der Waals surface area (Å²) in [7, 11) is 0. The monoisotopic (exact) mass is 269 g/mol. The third-order valence-corrected chi connectivity index (χ3v) is 4.20. The Morgan fingerprint density at radius 1 is 1.50 bits per heavy atom. The van der Waals surface area contributed by atoms with Crippen molar-refractivity contribution in [3.05, 3.63) is 10.6 Å². The molecule has 1 aliphatic rings. The van der Waals surface area contributed by atoms with Crippen molar-refractivity contribution in [2.24, 2.45) is 11.8 Å². The predicted molar refractivity (Wildman–Crippen MR) is 67.5 cm³/mol. The molecule has 2 rings (SSSR count). The quantitative estimate of drug-likeness (QED) is 0.828. The van der Waals surface area contributed by atoms with Gasteiger partial charge in [0.2, 0.25) is 0 Å². The zero-order valence-corrected chi connectivity index (χ0v) is 11.0. The van der Waals surface area contributed by atoms with E-state index in [1.165, 1.54) is 0 Å². The molecule has 0 aliphatic carbocycles. The van der Waals surface area contributed by atoms with Gasteiger partial charge in [0.15, 0.2) is 5.13 Å². The summed E-state index contributed by atoms with van der Waals surface area (Å²) in [6.45, 7) is 4.30. The fraction of sp³-hybridized carbons (Fsp3) is 0.545. The number of aryl methyl sites for hydroxylation is 1. The molecule has 0 saturated carbocycles. The molecule has 2 heterocycles. The van der Waals surface area contributed by atoms with Crippen LogP contribution in [0.4, 0.5) is 5.13 Å². The number of aliphatic carboxylic acids is 1. The highest BCUT2D eigenvalue weighted by atomic mass is 32.1. The number of aromatic nitrogens is 1. The van der Waals surface area contributed by atoms with Gasteiger partial charge in [0.25, 0.3) is 5.91 Å². The van der Waals surface area contributed by atoms with Crippen LogP contribution in [0.15, 0.2) is 0 Å². The van der Waals surface area contributed by atoms with E-state index in [2.05, 4.69) is 4.98 Å². The standard InChI is InChI=1S/C11H15N3O3S/c1-5-3-14(4-7(5)10(16)17)9(15)8-6(2)13-11(12)18-8/h5,7H,3-4H2,1-2H3,(H2,12,13)(H,16,17). The number of carboxylic acid groups (broad SMARTS) is 1. The largest absolute Gasteiger partial charge is 0.481 e. The Morgan fingerprint density at radius 2 is 2.17 bits per heavy atom. The van der Waals surface area contributed by atoms with Crippen molar-refractivity contribution >= 4 is 28.3 Å². The Hall–Kier alpha value is -1.63. The number of nitrogen functional groups attached to an aromatic ring is 1. The topological polar surface area (TPSA) is 96.5 Å². The van der Waals surface area contributed by atoms with Gasteiger partial charge in [0.1, 0.15) is 4.88 Å².